The van der Waals surface area contributed by atoms with E-state index in [1.165, 1.54) is 12.3 Å². The van der Waals surface area contributed by atoms with Gasteiger partial charge in [-0.15, -0.1) is 0 Å². The molecule has 0 amide bonds. The zero-order valence-electron chi connectivity index (χ0n) is 15.6. The van der Waals surface area contributed by atoms with Gasteiger partial charge in [0.1, 0.15) is 0 Å². The van der Waals surface area contributed by atoms with Crippen molar-refractivity contribution in [3.63, 3.8) is 0 Å². The second-order valence-corrected chi connectivity index (χ2v) is 12.4. The molecular formula is C20H32O2Si. The lowest BCUT2D eigenvalue weighted by molar-refractivity contribution is -0.143. The van der Waals surface area contributed by atoms with E-state index in [-0.39, 0.29) is 11.4 Å². The highest BCUT2D eigenvalue weighted by molar-refractivity contribution is 6.91. The summed E-state index contributed by atoms with van der Waals surface area (Å²) in [5, 5.41) is 1.49. The standard InChI is InChI=1S/C20H32O2Si/c1-7-11-17(14-15-20(2,3)16-19(21)22-4)23(5,6)18-12-9-8-10-13-18/h7-13,17H,14-16H2,1-6H3/b11-7+/t17-/m0/s1. The Balaban J connectivity index is 2.85. The van der Waals surface area contributed by atoms with Gasteiger partial charge in [0, 0.05) is 0 Å². The van der Waals surface area contributed by atoms with Gasteiger partial charge in [0.15, 0.2) is 0 Å². The fraction of sp³-hybridized carbons (Fsp3) is 0.550. The lowest BCUT2D eigenvalue weighted by Crippen LogP contribution is -2.45. The van der Waals surface area contributed by atoms with Crippen LogP contribution in [0, 0.1) is 5.41 Å². The van der Waals surface area contributed by atoms with Crippen LogP contribution in [0.15, 0.2) is 42.5 Å². The summed E-state index contributed by atoms with van der Waals surface area (Å²) < 4.78 is 4.83. The molecule has 128 valence electrons. The van der Waals surface area contributed by atoms with E-state index in [1.54, 1.807) is 0 Å². The first-order valence-electron chi connectivity index (χ1n) is 8.48. The summed E-state index contributed by atoms with van der Waals surface area (Å²) in [5.41, 5.74) is 0.556. The van der Waals surface area contributed by atoms with Crippen molar-refractivity contribution in [2.24, 2.45) is 5.41 Å². The number of allylic oxidation sites excluding steroid dienone is 2. The van der Waals surface area contributed by atoms with Crippen LogP contribution in [-0.4, -0.2) is 21.2 Å². The number of ether oxygens (including phenoxy) is 1. The van der Waals surface area contributed by atoms with Gasteiger partial charge in [-0.05, 0) is 30.7 Å². The zero-order valence-corrected chi connectivity index (χ0v) is 16.6. The predicted octanol–water partition coefficient (Wildman–Crippen LogP) is 4.92. The highest BCUT2D eigenvalue weighted by atomic mass is 28.3. The fourth-order valence-electron chi connectivity index (χ4n) is 3.11. The molecule has 0 aromatic heterocycles. The number of benzene rings is 1. The van der Waals surface area contributed by atoms with Gasteiger partial charge in [-0.25, -0.2) is 0 Å². The van der Waals surface area contributed by atoms with Crippen LogP contribution in [0.2, 0.25) is 18.6 Å². The van der Waals surface area contributed by atoms with E-state index in [1.807, 2.05) is 0 Å². The van der Waals surface area contributed by atoms with E-state index in [4.69, 9.17) is 4.74 Å². The maximum Gasteiger partial charge on any atom is 0.306 e. The Kier molecular flexibility index (Phi) is 7.27. The molecule has 3 heteroatoms. The molecule has 0 unspecified atom stereocenters. The van der Waals surface area contributed by atoms with Gasteiger partial charge in [-0.2, -0.15) is 0 Å². The Hall–Kier alpha value is -1.35. The Morgan fingerprint density at radius 3 is 2.39 bits per heavy atom. The minimum Gasteiger partial charge on any atom is -0.469 e. The van der Waals surface area contributed by atoms with Crippen LogP contribution in [0.3, 0.4) is 0 Å². The summed E-state index contributed by atoms with van der Waals surface area (Å²) in [4.78, 5) is 11.6. The lowest BCUT2D eigenvalue weighted by atomic mass is 9.84. The van der Waals surface area contributed by atoms with Gasteiger partial charge < -0.3 is 4.74 Å². The van der Waals surface area contributed by atoms with Crippen molar-refractivity contribution in [1.29, 1.82) is 0 Å². The molecule has 0 N–H and O–H groups in total. The molecule has 1 atom stereocenters. The molecule has 1 aromatic carbocycles. The average molecular weight is 333 g/mol. The van der Waals surface area contributed by atoms with Crippen LogP contribution in [0.1, 0.15) is 40.0 Å². The second-order valence-electron chi connectivity index (χ2n) is 7.68. The number of esters is 1. The van der Waals surface area contributed by atoms with Crippen LogP contribution >= 0.6 is 0 Å². The predicted molar refractivity (Wildman–Crippen MR) is 102 cm³/mol. The monoisotopic (exact) mass is 332 g/mol. The van der Waals surface area contributed by atoms with Crippen LogP contribution in [0.4, 0.5) is 0 Å². The number of rotatable bonds is 8. The molecule has 0 fully saturated rings. The summed E-state index contributed by atoms with van der Waals surface area (Å²) >= 11 is 0. The molecule has 0 aliphatic rings. The first-order valence-corrected chi connectivity index (χ1v) is 11.6. The molecule has 0 saturated heterocycles. The minimum atomic E-state index is -1.58. The van der Waals surface area contributed by atoms with Crippen molar-refractivity contribution in [3.05, 3.63) is 42.5 Å². The highest BCUT2D eigenvalue weighted by Gasteiger charge is 2.33. The maximum absolute atomic E-state index is 11.6. The quantitative estimate of drug-likeness (QED) is 0.384. The molecule has 1 aromatic rings. The number of hydrogen-bond acceptors (Lipinski definition) is 2. The van der Waals surface area contributed by atoms with Gasteiger partial charge >= 0.3 is 5.97 Å². The Morgan fingerprint density at radius 1 is 1.26 bits per heavy atom. The molecule has 1 rings (SSSR count). The van der Waals surface area contributed by atoms with Gasteiger partial charge in [0.05, 0.1) is 21.6 Å². The third kappa shape index (κ3) is 5.98. The Morgan fingerprint density at radius 2 is 1.87 bits per heavy atom. The molecule has 0 aliphatic heterocycles. The summed E-state index contributed by atoms with van der Waals surface area (Å²) in [5.74, 6) is -0.114. The summed E-state index contributed by atoms with van der Waals surface area (Å²) in [6, 6.07) is 10.9. The first-order chi connectivity index (χ1) is 10.7. The first kappa shape index (κ1) is 19.7. The Bertz CT molecular complexity index is 518. The topological polar surface area (TPSA) is 26.3 Å². The molecule has 0 heterocycles. The number of hydrogen-bond donors (Lipinski definition) is 0. The fourth-order valence-corrected chi connectivity index (χ4v) is 6.13. The van der Waals surface area contributed by atoms with Crippen LogP contribution in [0.5, 0.6) is 0 Å². The average Bonchev–Trinajstić information content (AvgIpc) is 2.51. The highest BCUT2D eigenvalue weighted by Crippen LogP contribution is 2.35. The third-order valence-corrected chi connectivity index (χ3v) is 9.01. The molecule has 0 bridgehead atoms. The van der Waals surface area contributed by atoms with Gasteiger partial charge in [0.25, 0.3) is 0 Å². The van der Waals surface area contributed by atoms with Crippen molar-refractivity contribution >= 4 is 19.2 Å². The largest absolute Gasteiger partial charge is 0.469 e. The molecule has 0 saturated carbocycles. The second kappa shape index (κ2) is 8.49. The van der Waals surface area contributed by atoms with Crippen LogP contribution in [0.25, 0.3) is 0 Å². The SMILES string of the molecule is C/C=C/[C@@H](CCC(C)(C)CC(=O)OC)[Si](C)(C)c1ccccc1. The van der Waals surface area contributed by atoms with Crippen molar-refractivity contribution in [2.75, 3.05) is 7.11 Å². The van der Waals surface area contributed by atoms with Gasteiger partial charge in [-0.3, -0.25) is 4.79 Å². The van der Waals surface area contributed by atoms with E-state index in [0.717, 1.165) is 12.8 Å². The molecule has 0 spiro atoms. The van der Waals surface area contributed by atoms with E-state index in [2.05, 4.69) is 76.3 Å². The van der Waals surface area contributed by atoms with Gasteiger partial charge in [0.2, 0.25) is 0 Å². The molecule has 2 nitrogen and oxygen atoms in total. The van der Waals surface area contributed by atoms with E-state index in [0.29, 0.717) is 12.0 Å². The van der Waals surface area contributed by atoms with Crippen LogP contribution < -0.4 is 5.19 Å². The minimum absolute atomic E-state index is 0.0197. The molecule has 0 aliphatic carbocycles. The Labute approximate surface area is 143 Å². The molecule has 23 heavy (non-hydrogen) atoms. The summed E-state index contributed by atoms with van der Waals surface area (Å²) in [6.45, 7) is 11.3. The van der Waals surface area contributed by atoms with Crippen molar-refractivity contribution in [1.82, 2.24) is 0 Å². The van der Waals surface area contributed by atoms with E-state index in [9.17, 15) is 4.79 Å². The normalized spacial score (nSPS) is 14.0. The summed E-state index contributed by atoms with van der Waals surface area (Å²) in [7, 11) is -0.116. The number of carbonyl (C=O) groups excluding carboxylic acids is 1. The zero-order chi connectivity index (χ0) is 17.5. The maximum atomic E-state index is 11.6. The number of methoxy groups -OCH3 is 1. The molecule has 0 radical (unpaired) electrons. The van der Waals surface area contributed by atoms with Gasteiger partial charge in [-0.1, -0.05) is 74.6 Å². The van der Waals surface area contributed by atoms with Crippen molar-refractivity contribution in [2.45, 2.75) is 58.7 Å². The van der Waals surface area contributed by atoms with Crippen LogP contribution in [-0.2, 0) is 9.53 Å². The van der Waals surface area contributed by atoms with Crippen molar-refractivity contribution in [3.8, 4) is 0 Å². The van der Waals surface area contributed by atoms with E-state index < -0.39 is 8.07 Å². The lowest BCUT2D eigenvalue weighted by Gasteiger charge is -2.34. The molecular weight excluding hydrogens is 300 g/mol. The third-order valence-electron chi connectivity index (χ3n) is 4.85. The van der Waals surface area contributed by atoms with E-state index >= 15 is 0 Å². The summed E-state index contributed by atoms with van der Waals surface area (Å²) in [6.07, 6.45) is 7.17. The van der Waals surface area contributed by atoms with Crippen molar-refractivity contribution < 1.29 is 9.53 Å². The smallest absolute Gasteiger partial charge is 0.306 e. The number of carbonyl (C=O) groups is 1.